The fraction of sp³-hybridized carbons (Fsp3) is 0.738. The SMILES string of the molecule is C/C=C/CC/C=C/CC/C=C/CCCC(O)C(O)C(COC1OC(CO)C(O)C(O)C1O)NC(=O)C(O)CCCCCCC/C=C\C=C/CCCCC. The second-order valence-corrected chi connectivity index (χ2v) is 14.0. The summed E-state index contributed by atoms with van der Waals surface area (Å²) in [7, 11) is 0. The summed E-state index contributed by atoms with van der Waals surface area (Å²) in [6, 6.07) is -1.20. The largest absolute Gasteiger partial charge is 0.394 e. The molecule has 0 aliphatic carbocycles. The fourth-order valence-electron chi connectivity index (χ4n) is 5.94. The lowest BCUT2D eigenvalue weighted by Gasteiger charge is -2.40. The van der Waals surface area contributed by atoms with Crippen molar-refractivity contribution in [2.75, 3.05) is 13.2 Å². The van der Waals surface area contributed by atoms with E-state index >= 15 is 0 Å². The van der Waals surface area contributed by atoms with Gasteiger partial charge in [-0.15, -0.1) is 0 Å². The first-order valence-corrected chi connectivity index (χ1v) is 20.2. The lowest BCUT2D eigenvalue weighted by Crippen LogP contribution is -2.60. The van der Waals surface area contributed by atoms with Crippen LogP contribution in [0.25, 0.3) is 0 Å². The van der Waals surface area contributed by atoms with Gasteiger partial charge in [0.2, 0.25) is 5.91 Å². The van der Waals surface area contributed by atoms with Crippen molar-refractivity contribution in [1.82, 2.24) is 5.32 Å². The van der Waals surface area contributed by atoms with Crippen molar-refractivity contribution in [2.24, 2.45) is 0 Å². The quantitative estimate of drug-likeness (QED) is 0.0265. The number of hydrogen-bond acceptors (Lipinski definition) is 10. The third-order valence-electron chi connectivity index (χ3n) is 9.37. The number of hydrogen-bond donors (Lipinski definition) is 8. The van der Waals surface area contributed by atoms with Gasteiger partial charge in [0.05, 0.1) is 25.4 Å². The summed E-state index contributed by atoms with van der Waals surface area (Å²) in [4.78, 5) is 13.0. The topological polar surface area (TPSA) is 189 Å². The molecule has 306 valence electrons. The van der Waals surface area contributed by atoms with Gasteiger partial charge < -0.3 is 50.5 Å². The summed E-state index contributed by atoms with van der Waals surface area (Å²) in [5.74, 6) is -0.731. The van der Waals surface area contributed by atoms with Crippen LogP contribution in [-0.4, -0.2) is 110 Å². The van der Waals surface area contributed by atoms with Crippen LogP contribution in [0.2, 0.25) is 0 Å². The first kappa shape index (κ1) is 48.8. The van der Waals surface area contributed by atoms with Gasteiger partial charge in [0.15, 0.2) is 6.29 Å². The van der Waals surface area contributed by atoms with Crippen molar-refractivity contribution < 1.29 is 50.0 Å². The molecule has 1 aliphatic rings. The Labute approximate surface area is 319 Å². The van der Waals surface area contributed by atoms with Crippen LogP contribution in [0.3, 0.4) is 0 Å². The molecule has 1 fully saturated rings. The number of allylic oxidation sites excluding steroid dienone is 10. The highest BCUT2D eigenvalue weighted by molar-refractivity contribution is 5.80. The fourth-order valence-corrected chi connectivity index (χ4v) is 5.94. The van der Waals surface area contributed by atoms with E-state index in [2.05, 4.69) is 60.8 Å². The van der Waals surface area contributed by atoms with E-state index in [0.717, 1.165) is 64.2 Å². The van der Waals surface area contributed by atoms with Crippen LogP contribution in [0.1, 0.15) is 129 Å². The molecule has 1 saturated heterocycles. The minimum atomic E-state index is -1.68. The van der Waals surface area contributed by atoms with Crippen molar-refractivity contribution in [3.05, 3.63) is 60.8 Å². The lowest BCUT2D eigenvalue weighted by molar-refractivity contribution is -0.303. The first-order chi connectivity index (χ1) is 25.7. The number of unbranched alkanes of at least 4 members (excludes halogenated alkanes) is 11. The molecule has 11 nitrogen and oxygen atoms in total. The predicted molar refractivity (Wildman–Crippen MR) is 210 cm³/mol. The van der Waals surface area contributed by atoms with Gasteiger partial charge in [-0.1, -0.05) is 106 Å². The number of ether oxygens (including phenoxy) is 2. The smallest absolute Gasteiger partial charge is 0.249 e. The van der Waals surface area contributed by atoms with E-state index in [4.69, 9.17) is 9.47 Å². The Hall–Kier alpha value is -2.19. The minimum absolute atomic E-state index is 0.228. The second-order valence-electron chi connectivity index (χ2n) is 14.0. The maximum absolute atomic E-state index is 13.0. The van der Waals surface area contributed by atoms with Crippen LogP contribution in [0.5, 0.6) is 0 Å². The van der Waals surface area contributed by atoms with E-state index in [-0.39, 0.29) is 12.8 Å². The van der Waals surface area contributed by atoms with Crippen molar-refractivity contribution in [2.45, 2.75) is 184 Å². The molecule has 1 aliphatic heterocycles. The third kappa shape index (κ3) is 22.7. The Morgan fingerprint density at radius 3 is 1.89 bits per heavy atom. The van der Waals surface area contributed by atoms with Crippen molar-refractivity contribution in [3.8, 4) is 0 Å². The summed E-state index contributed by atoms with van der Waals surface area (Å²) in [5.41, 5.74) is 0. The van der Waals surface area contributed by atoms with Crippen LogP contribution in [0, 0.1) is 0 Å². The van der Waals surface area contributed by atoms with Gasteiger partial charge in [-0.05, 0) is 84.0 Å². The molecular formula is C42H73NO10. The molecule has 0 aromatic rings. The average molecular weight is 752 g/mol. The summed E-state index contributed by atoms with van der Waals surface area (Å²) >= 11 is 0. The maximum Gasteiger partial charge on any atom is 0.249 e. The lowest BCUT2D eigenvalue weighted by atomic mass is 9.98. The predicted octanol–water partition coefficient (Wildman–Crippen LogP) is 5.21. The van der Waals surface area contributed by atoms with Gasteiger partial charge in [0.25, 0.3) is 0 Å². The highest BCUT2D eigenvalue weighted by Gasteiger charge is 2.44. The van der Waals surface area contributed by atoms with Gasteiger partial charge in [0.1, 0.15) is 36.6 Å². The molecule has 8 N–H and O–H groups in total. The van der Waals surface area contributed by atoms with Gasteiger partial charge >= 0.3 is 0 Å². The maximum atomic E-state index is 13.0. The molecule has 9 unspecified atom stereocenters. The molecule has 53 heavy (non-hydrogen) atoms. The van der Waals surface area contributed by atoms with E-state index < -0.39 is 74.2 Å². The van der Waals surface area contributed by atoms with Crippen LogP contribution in [-0.2, 0) is 14.3 Å². The van der Waals surface area contributed by atoms with E-state index in [9.17, 15) is 40.5 Å². The molecule has 0 spiro atoms. The summed E-state index contributed by atoms with van der Waals surface area (Å²) in [6.45, 7) is 3.12. The number of carbonyl (C=O) groups is 1. The molecule has 1 rings (SSSR count). The molecule has 1 heterocycles. The molecule has 0 saturated carbocycles. The number of aliphatic hydroxyl groups is 7. The Kier molecular flexibility index (Phi) is 29.6. The van der Waals surface area contributed by atoms with Crippen LogP contribution in [0.4, 0.5) is 0 Å². The number of aliphatic hydroxyl groups excluding tert-OH is 7. The van der Waals surface area contributed by atoms with Crippen LogP contribution in [0.15, 0.2) is 60.8 Å². The highest BCUT2D eigenvalue weighted by atomic mass is 16.7. The van der Waals surface area contributed by atoms with Crippen LogP contribution < -0.4 is 5.32 Å². The van der Waals surface area contributed by atoms with Crippen molar-refractivity contribution in [3.63, 3.8) is 0 Å². The number of nitrogens with one attached hydrogen (secondary N) is 1. The Morgan fingerprint density at radius 2 is 1.26 bits per heavy atom. The Balaban J connectivity index is 2.59. The molecule has 9 atom stereocenters. The number of carbonyl (C=O) groups excluding carboxylic acids is 1. The van der Waals surface area contributed by atoms with Crippen molar-refractivity contribution >= 4 is 5.91 Å². The zero-order valence-corrected chi connectivity index (χ0v) is 32.5. The summed E-state index contributed by atoms with van der Waals surface area (Å²) in [5, 5.41) is 75.2. The summed E-state index contributed by atoms with van der Waals surface area (Å²) < 4.78 is 11.0. The standard InChI is InChI=1S/C42H73NO10/c1-3-5-7-9-11-13-15-17-18-20-22-24-26-28-30-35(46)41(51)43-33(32-52-42-40(50)39(49)38(48)36(31-44)53-42)37(47)34(45)29-27-25-23-21-19-16-14-12-10-8-6-4-2/h4,6,11-15,17,21,23,33-40,42,44-50H,3,5,7-10,16,18-20,22,24-32H2,1-2H3,(H,43,51)/b6-4+,13-11-,14-12+,17-15-,23-21+. The summed E-state index contributed by atoms with van der Waals surface area (Å²) in [6.07, 6.45) is 25.7. The van der Waals surface area contributed by atoms with Gasteiger partial charge in [-0.25, -0.2) is 0 Å². The normalized spacial score (nSPS) is 23.5. The van der Waals surface area contributed by atoms with E-state index in [1.165, 1.54) is 19.3 Å². The molecule has 11 heteroatoms. The zero-order chi connectivity index (χ0) is 39.1. The van der Waals surface area contributed by atoms with Crippen molar-refractivity contribution in [1.29, 1.82) is 0 Å². The minimum Gasteiger partial charge on any atom is -0.394 e. The van der Waals surface area contributed by atoms with E-state index in [1.807, 2.05) is 19.1 Å². The Bertz CT molecular complexity index is 1040. The van der Waals surface area contributed by atoms with Crippen LogP contribution >= 0.6 is 0 Å². The van der Waals surface area contributed by atoms with Gasteiger partial charge in [0, 0.05) is 0 Å². The number of amides is 1. The zero-order valence-electron chi connectivity index (χ0n) is 32.5. The Morgan fingerprint density at radius 1 is 0.698 bits per heavy atom. The molecular weight excluding hydrogens is 678 g/mol. The number of rotatable bonds is 31. The third-order valence-corrected chi connectivity index (χ3v) is 9.37. The molecule has 0 radical (unpaired) electrons. The molecule has 0 aromatic carbocycles. The average Bonchev–Trinajstić information content (AvgIpc) is 3.16. The van der Waals surface area contributed by atoms with Gasteiger partial charge in [-0.3, -0.25) is 4.79 Å². The van der Waals surface area contributed by atoms with Gasteiger partial charge in [-0.2, -0.15) is 0 Å². The molecule has 0 bridgehead atoms. The van der Waals surface area contributed by atoms with E-state index in [1.54, 1.807) is 0 Å². The monoisotopic (exact) mass is 752 g/mol. The molecule has 1 amide bonds. The molecule has 0 aromatic heterocycles. The first-order valence-electron chi connectivity index (χ1n) is 20.2. The second kappa shape index (κ2) is 32.1. The van der Waals surface area contributed by atoms with E-state index in [0.29, 0.717) is 19.3 Å². The highest BCUT2D eigenvalue weighted by Crippen LogP contribution is 2.23.